The third-order valence-electron chi connectivity index (χ3n) is 6.40. The number of benzene rings is 3. The highest BCUT2D eigenvalue weighted by molar-refractivity contribution is 5.80. The maximum Gasteiger partial charge on any atom is 0.191 e. The molecule has 0 unspecified atom stereocenters. The molecule has 0 spiro atoms. The molecule has 0 bridgehead atoms. The molecule has 15 heteroatoms. The fourth-order valence-corrected chi connectivity index (χ4v) is 4.69. The molecule has 0 aliphatic heterocycles. The molecule has 1 fully saturated rings. The lowest BCUT2D eigenvalue weighted by molar-refractivity contribution is 0.0461. The second-order valence-electron chi connectivity index (χ2n) is 9.80. The van der Waals surface area contributed by atoms with Crippen LogP contribution in [0.4, 0.5) is 22.7 Å². The first-order valence-electron chi connectivity index (χ1n) is 13.3. The van der Waals surface area contributed by atoms with Gasteiger partial charge in [-0.2, -0.15) is 0 Å². The summed E-state index contributed by atoms with van der Waals surface area (Å²) in [5.74, 6) is 1.08. The highest BCUT2D eigenvalue weighted by Gasteiger charge is 2.40. The van der Waals surface area contributed by atoms with Crippen molar-refractivity contribution >= 4 is 46.6 Å². The first kappa shape index (κ1) is 30.1. The fraction of sp³-hybridized carbons (Fsp3) is 0.214. The molecular formula is C28H37N13O2. The molecule has 0 aromatic heterocycles. The molecule has 0 amide bonds. The highest BCUT2D eigenvalue weighted by atomic mass is 16.5. The van der Waals surface area contributed by atoms with E-state index in [0.29, 0.717) is 41.4 Å². The maximum atomic E-state index is 6.50. The third-order valence-corrected chi connectivity index (χ3v) is 6.40. The number of nitrogens with two attached hydrogens (primary N) is 8. The Bertz CT molecular complexity index is 1470. The predicted octanol–water partition coefficient (Wildman–Crippen LogP) is 0.513. The summed E-state index contributed by atoms with van der Waals surface area (Å²) >= 11 is 0. The molecule has 0 heterocycles. The smallest absolute Gasteiger partial charge is 0.191 e. The predicted molar refractivity (Wildman–Crippen MR) is 171 cm³/mol. The lowest BCUT2D eigenvalue weighted by atomic mass is 9.85. The molecule has 43 heavy (non-hydrogen) atoms. The van der Waals surface area contributed by atoms with Gasteiger partial charge in [-0.3, -0.25) is 0 Å². The van der Waals surface area contributed by atoms with Gasteiger partial charge >= 0.3 is 0 Å². The molecule has 1 aliphatic carbocycles. The van der Waals surface area contributed by atoms with Gasteiger partial charge in [-0.15, -0.1) is 0 Å². The molecule has 17 N–H and O–H groups in total. The molecule has 3 aromatic rings. The van der Waals surface area contributed by atoms with Crippen LogP contribution in [0.2, 0.25) is 0 Å². The zero-order valence-electron chi connectivity index (χ0n) is 23.4. The van der Waals surface area contributed by atoms with Gasteiger partial charge in [0.25, 0.3) is 0 Å². The van der Waals surface area contributed by atoms with Gasteiger partial charge in [0.05, 0.1) is 29.1 Å². The molecule has 4 rings (SSSR count). The van der Waals surface area contributed by atoms with Crippen LogP contribution in [0.25, 0.3) is 0 Å². The third kappa shape index (κ3) is 9.07. The minimum atomic E-state index is -0.427. The molecule has 3 aromatic carbocycles. The number of hydrogen-bond donors (Lipinski definition) is 9. The summed E-state index contributed by atoms with van der Waals surface area (Å²) in [5.41, 5.74) is 47.3. The summed E-state index contributed by atoms with van der Waals surface area (Å²) in [5, 5.41) is 3.55. The van der Waals surface area contributed by atoms with E-state index in [2.05, 4.69) is 25.3 Å². The zero-order chi connectivity index (χ0) is 30.9. The Morgan fingerprint density at radius 1 is 0.535 bits per heavy atom. The van der Waals surface area contributed by atoms with Crippen molar-refractivity contribution < 1.29 is 9.47 Å². The Morgan fingerprint density at radius 3 is 1.37 bits per heavy atom. The normalized spacial score (nSPS) is 19.3. The van der Waals surface area contributed by atoms with Gasteiger partial charge < -0.3 is 60.7 Å². The van der Waals surface area contributed by atoms with Crippen molar-refractivity contribution in [3.63, 3.8) is 0 Å². The van der Waals surface area contributed by atoms with Crippen LogP contribution in [0.3, 0.4) is 0 Å². The fourth-order valence-electron chi connectivity index (χ4n) is 4.69. The largest absolute Gasteiger partial charge is 0.488 e. The average Bonchev–Trinajstić information content (AvgIpc) is 2.93. The second kappa shape index (κ2) is 13.7. The molecule has 0 saturated heterocycles. The Labute approximate surface area is 248 Å². The summed E-state index contributed by atoms with van der Waals surface area (Å²) in [7, 11) is 0. The van der Waals surface area contributed by atoms with E-state index in [1.54, 1.807) is 60.7 Å². The molecular weight excluding hydrogens is 550 g/mol. The van der Waals surface area contributed by atoms with E-state index in [-0.39, 0.29) is 42.0 Å². The SMILES string of the molecule is NC(N)=Nc1ccc(N[C@H]2C[C@@H](N=C(N)N)[C@H](Oc3ccc(N=C(N)N)cc3)C[C@@H]2Oc2ccc(N=C(N)N)cc2)cc1. The van der Waals surface area contributed by atoms with Crippen molar-refractivity contribution in [2.75, 3.05) is 5.32 Å². The van der Waals surface area contributed by atoms with Gasteiger partial charge in [0.15, 0.2) is 23.8 Å². The standard InChI is InChI=1S/C28H37N13O2/c29-25(30)38-16-3-1-15(2-4-16)37-21-13-22(41-28(35)36)24(43-20-11-7-18(8-12-20)40-27(33)34)14-23(21)42-19-9-5-17(6-10-19)39-26(31)32/h1-12,21-24,37H,13-14H2,(H4,29,30,38)(H4,31,32,39)(H4,33,34,40)(H4,35,36,41)/t21-,22+,23-,24+/m0/s1. The van der Waals surface area contributed by atoms with E-state index in [9.17, 15) is 0 Å². The summed E-state index contributed by atoms with van der Waals surface area (Å²) in [6, 6.07) is 20.9. The van der Waals surface area contributed by atoms with E-state index in [1.807, 2.05) is 12.1 Å². The van der Waals surface area contributed by atoms with Gasteiger partial charge in [0, 0.05) is 12.1 Å². The highest BCUT2D eigenvalue weighted by Crippen LogP contribution is 2.33. The lowest BCUT2D eigenvalue weighted by Crippen LogP contribution is -2.52. The minimum absolute atomic E-state index is 0.0238. The van der Waals surface area contributed by atoms with Crippen molar-refractivity contribution in [1.82, 2.24) is 0 Å². The first-order chi connectivity index (χ1) is 20.5. The van der Waals surface area contributed by atoms with E-state index < -0.39 is 6.10 Å². The summed E-state index contributed by atoms with van der Waals surface area (Å²) < 4.78 is 12.9. The Kier molecular flexibility index (Phi) is 9.57. The van der Waals surface area contributed by atoms with Crippen molar-refractivity contribution in [2.45, 2.75) is 37.1 Å². The van der Waals surface area contributed by atoms with Gasteiger partial charge in [-0.05, 0) is 79.2 Å². The summed E-state index contributed by atoms with van der Waals surface area (Å²) in [6.07, 6.45) is 0.143. The van der Waals surface area contributed by atoms with Gasteiger partial charge in [0.1, 0.15) is 23.7 Å². The van der Waals surface area contributed by atoms with Crippen molar-refractivity contribution in [1.29, 1.82) is 0 Å². The van der Waals surface area contributed by atoms with Gasteiger partial charge in [0.2, 0.25) is 0 Å². The topological polar surface area (TPSA) is 288 Å². The van der Waals surface area contributed by atoms with Gasteiger partial charge in [-0.1, -0.05) is 0 Å². The number of hydrogen-bond acceptors (Lipinski definition) is 7. The summed E-state index contributed by atoms with van der Waals surface area (Å²) in [4.78, 5) is 16.7. The molecule has 0 radical (unpaired) electrons. The van der Waals surface area contributed by atoms with Crippen molar-refractivity contribution in [3.05, 3.63) is 72.8 Å². The summed E-state index contributed by atoms with van der Waals surface area (Å²) in [6.45, 7) is 0. The maximum absolute atomic E-state index is 6.50. The zero-order valence-corrected chi connectivity index (χ0v) is 23.4. The van der Waals surface area contributed by atoms with E-state index >= 15 is 0 Å². The van der Waals surface area contributed by atoms with Crippen LogP contribution in [0.1, 0.15) is 12.8 Å². The number of nitrogens with one attached hydrogen (secondary N) is 1. The van der Waals surface area contributed by atoms with Crippen LogP contribution in [0.15, 0.2) is 92.8 Å². The minimum Gasteiger partial charge on any atom is -0.488 e. The average molecular weight is 588 g/mol. The van der Waals surface area contributed by atoms with Crippen molar-refractivity contribution in [3.8, 4) is 11.5 Å². The number of guanidine groups is 4. The van der Waals surface area contributed by atoms with Gasteiger partial charge in [-0.25, -0.2) is 20.0 Å². The van der Waals surface area contributed by atoms with Crippen LogP contribution < -0.4 is 60.7 Å². The first-order valence-corrected chi connectivity index (χ1v) is 13.3. The van der Waals surface area contributed by atoms with Crippen LogP contribution in [-0.2, 0) is 0 Å². The number of anilines is 1. The van der Waals surface area contributed by atoms with Crippen LogP contribution in [0, 0.1) is 0 Å². The van der Waals surface area contributed by atoms with E-state index in [0.717, 1.165) is 5.69 Å². The quantitative estimate of drug-likeness (QED) is 0.116. The van der Waals surface area contributed by atoms with Crippen molar-refractivity contribution in [2.24, 2.45) is 65.8 Å². The molecule has 15 nitrogen and oxygen atoms in total. The monoisotopic (exact) mass is 587 g/mol. The Morgan fingerprint density at radius 2 is 0.953 bits per heavy atom. The molecule has 1 saturated carbocycles. The number of nitrogens with zero attached hydrogens (tertiary/aromatic N) is 4. The van der Waals surface area contributed by atoms with Crippen LogP contribution in [-0.4, -0.2) is 48.1 Å². The molecule has 4 atom stereocenters. The van der Waals surface area contributed by atoms with Crippen LogP contribution in [0.5, 0.6) is 11.5 Å². The van der Waals surface area contributed by atoms with Crippen LogP contribution >= 0.6 is 0 Å². The molecule has 1 aliphatic rings. The number of rotatable bonds is 10. The Hall–Kier alpha value is -5.86. The Balaban J connectivity index is 1.61. The number of ether oxygens (including phenoxy) is 2. The lowest BCUT2D eigenvalue weighted by Gasteiger charge is -2.40. The molecule has 226 valence electrons. The van der Waals surface area contributed by atoms with E-state index in [4.69, 9.17) is 55.3 Å². The second-order valence-corrected chi connectivity index (χ2v) is 9.80. The van der Waals surface area contributed by atoms with E-state index in [1.165, 1.54) is 0 Å². The number of aliphatic imine (C=N–C) groups is 4.